The minimum absolute atomic E-state index is 0.512. The van der Waals surface area contributed by atoms with Gasteiger partial charge in [0.15, 0.2) is 0 Å². The predicted octanol–water partition coefficient (Wildman–Crippen LogP) is 4.87. The number of rotatable bonds is 6. The number of nitrogens with zero attached hydrogens (tertiary/aromatic N) is 4. The molecule has 0 unspecified atom stereocenters. The summed E-state index contributed by atoms with van der Waals surface area (Å²) in [4.78, 5) is 20.9. The Hall–Kier alpha value is -2.76. The fourth-order valence-electron chi connectivity index (χ4n) is 4.90. The SMILES string of the molecule is Cc1ccc2c(n1)/C(=N/OCCCO/N=C1\CCCc3cc4c(nc31)CCCC4)CCC2. The lowest BCUT2D eigenvalue weighted by Crippen LogP contribution is -2.18. The number of hydrogen-bond donors (Lipinski definition) is 0. The van der Waals surface area contributed by atoms with Crippen molar-refractivity contribution in [1.82, 2.24) is 9.97 Å². The third-order valence-electron chi connectivity index (χ3n) is 6.58. The van der Waals surface area contributed by atoms with E-state index in [0.29, 0.717) is 13.2 Å². The van der Waals surface area contributed by atoms with Crippen molar-refractivity contribution >= 4 is 11.4 Å². The maximum atomic E-state index is 5.65. The summed E-state index contributed by atoms with van der Waals surface area (Å²) >= 11 is 0. The zero-order chi connectivity index (χ0) is 21.8. The highest BCUT2D eigenvalue weighted by atomic mass is 16.6. The highest BCUT2D eigenvalue weighted by molar-refractivity contribution is 6.01. The molecule has 5 rings (SSSR count). The smallest absolute Gasteiger partial charge is 0.120 e. The zero-order valence-corrected chi connectivity index (χ0v) is 19.0. The number of pyridine rings is 2. The summed E-state index contributed by atoms with van der Waals surface area (Å²) in [7, 11) is 0. The first-order valence-electron chi connectivity index (χ1n) is 12.1. The van der Waals surface area contributed by atoms with Crippen molar-refractivity contribution in [2.75, 3.05) is 13.2 Å². The van der Waals surface area contributed by atoms with Crippen molar-refractivity contribution in [2.45, 2.75) is 77.6 Å². The fraction of sp³-hybridized carbons (Fsp3) is 0.538. The molecule has 0 radical (unpaired) electrons. The highest BCUT2D eigenvalue weighted by Gasteiger charge is 2.22. The summed E-state index contributed by atoms with van der Waals surface area (Å²) in [6.07, 6.45) is 11.8. The van der Waals surface area contributed by atoms with Gasteiger partial charge in [-0.25, -0.2) is 0 Å². The molecule has 6 heteroatoms. The third kappa shape index (κ3) is 4.69. The Morgan fingerprint density at radius 1 is 0.719 bits per heavy atom. The van der Waals surface area contributed by atoms with Crippen LogP contribution in [0.5, 0.6) is 0 Å². The molecule has 6 nitrogen and oxygen atoms in total. The molecule has 3 aliphatic rings. The maximum Gasteiger partial charge on any atom is 0.120 e. The average molecular weight is 433 g/mol. The lowest BCUT2D eigenvalue weighted by atomic mass is 9.88. The van der Waals surface area contributed by atoms with Crippen LogP contribution in [0.4, 0.5) is 0 Å². The molecule has 0 aromatic carbocycles. The Morgan fingerprint density at radius 2 is 1.38 bits per heavy atom. The second-order valence-electron chi connectivity index (χ2n) is 9.07. The van der Waals surface area contributed by atoms with E-state index in [1.807, 2.05) is 6.92 Å². The first-order valence-corrected chi connectivity index (χ1v) is 12.1. The van der Waals surface area contributed by atoms with Gasteiger partial charge in [0.1, 0.15) is 24.6 Å². The van der Waals surface area contributed by atoms with Crippen LogP contribution in [0, 0.1) is 6.92 Å². The lowest BCUT2D eigenvalue weighted by molar-refractivity contribution is 0.0894. The molecule has 0 spiro atoms. The molecule has 0 N–H and O–H groups in total. The van der Waals surface area contributed by atoms with Crippen LogP contribution in [0.25, 0.3) is 0 Å². The Labute approximate surface area is 190 Å². The number of aryl methyl sites for hydroxylation is 5. The van der Waals surface area contributed by atoms with Crippen molar-refractivity contribution in [2.24, 2.45) is 10.3 Å². The summed E-state index contributed by atoms with van der Waals surface area (Å²) in [5.74, 6) is 0. The van der Waals surface area contributed by atoms with Crippen molar-refractivity contribution in [3.8, 4) is 0 Å². The van der Waals surface area contributed by atoms with Crippen LogP contribution >= 0.6 is 0 Å². The van der Waals surface area contributed by atoms with Gasteiger partial charge < -0.3 is 9.68 Å². The van der Waals surface area contributed by atoms with Crippen LogP contribution in [-0.4, -0.2) is 34.6 Å². The molecule has 2 aromatic rings. The number of oxime groups is 2. The molecular formula is C26H32N4O2. The number of hydrogen-bond acceptors (Lipinski definition) is 6. The third-order valence-corrected chi connectivity index (χ3v) is 6.58. The monoisotopic (exact) mass is 432 g/mol. The number of aromatic nitrogens is 2. The van der Waals surface area contributed by atoms with Gasteiger partial charge in [0.05, 0.1) is 11.4 Å². The van der Waals surface area contributed by atoms with E-state index in [2.05, 4.69) is 33.5 Å². The molecule has 3 aliphatic carbocycles. The number of fused-ring (bicyclic) bond motifs is 3. The van der Waals surface area contributed by atoms with E-state index in [4.69, 9.17) is 14.7 Å². The molecule has 0 bridgehead atoms. The van der Waals surface area contributed by atoms with Gasteiger partial charge in [0.2, 0.25) is 0 Å². The summed E-state index contributed by atoms with van der Waals surface area (Å²) in [6, 6.07) is 6.60. The zero-order valence-electron chi connectivity index (χ0n) is 19.0. The van der Waals surface area contributed by atoms with Gasteiger partial charge in [-0.05, 0) is 93.9 Å². The molecule has 0 saturated carbocycles. The largest absolute Gasteiger partial charge is 0.395 e. The Bertz CT molecular complexity index is 1040. The minimum Gasteiger partial charge on any atom is -0.395 e. The maximum absolute atomic E-state index is 5.65. The second-order valence-corrected chi connectivity index (χ2v) is 9.07. The summed E-state index contributed by atoms with van der Waals surface area (Å²) in [6.45, 7) is 3.04. The van der Waals surface area contributed by atoms with E-state index in [0.717, 1.165) is 79.9 Å². The molecule has 0 saturated heterocycles. The van der Waals surface area contributed by atoms with Crippen LogP contribution in [0.3, 0.4) is 0 Å². The van der Waals surface area contributed by atoms with Gasteiger partial charge in [-0.1, -0.05) is 22.4 Å². The van der Waals surface area contributed by atoms with Gasteiger partial charge in [-0.2, -0.15) is 0 Å². The van der Waals surface area contributed by atoms with Crippen molar-refractivity contribution in [1.29, 1.82) is 0 Å². The standard InChI is InChI=1S/C26H32N4O2/c1-18-13-14-19-8-4-11-23(25(19)27-18)29-31-15-6-16-32-30-24-12-5-9-21-17-20-7-2-3-10-22(20)28-26(21)24/h13-14,17H,2-12,15-16H2,1H3/b29-23+,30-24+. The van der Waals surface area contributed by atoms with E-state index in [-0.39, 0.29) is 0 Å². The normalized spacial score (nSPS) is 19.9. The first kappa shape index (κ1) is 21.1. The van der Waals surface area contributed by atoms with Crippen LogP contribution in [-0.2, 0) is 35.4 Å². The van der Waals surface area contributed by atoms with Crippen molar-refractivity contribution in [3.63, 3.8) is 0 Å². The molecule has 2 aromatic heterocycles. The molecule has 32 heavy (non-hydrogen) atoms. The summed E-state index contributed by atoms with van der Waals surface area (Å²) in [5, 5.41) is 8.83. The van der Waals surface area contributed by atoms with Crippen molar-refractivity contribution in [3.05, 3.63) is 57.7 Å². The van der Waals surface area contributed by atoms with Gasteiger partial charge in [-0.15, -0.1) is 0 Å². The minimum atomic E-state index is 0.512. The predicted molar refractivity (Wildman–Crippen MR) is 125 cm³/mol. The lowest BCUT2D eigenvalue weighted by Gasteiger charge is -2.22. The van der Waals surface area contributed by atoms with E-state index in [9.17, 15) is 0 Å². The topological polar surface area (TPSA) is 69.0 Å². The highest BCUT2D eigenvalue weighted by Crippen LogP contribution is 2.27. The molecule has 168 valence electrons. The Balaban J connectivity index is 1.13. The van der Waals surface area contributed by atoms with E-state index in [1.54, 1.807) is 0 Å². The molecule has 2 heterocycles. The molecule has 0 amide bonds. The van der Waals surface area contributed by atoms with Gasteiger partial charge in [0, 0.05) is 17.8 Å². The van der Waals surface area contributed by atoms with Crippen LogP contribution in [0.1, 0.15) is 84.4 Å². The summed E-state index contributed by atoms with van der Waals surface area (Å²) in [5.41, 5.74) is 10.4. The summed E-state index contributed by atoms with van der Waals surface area (Å²) < 4.78 is 0. The fourth-order valence-corrected chi connectivity index (χ4v) is 4.90. The molecular weight excluding hydrogens is 400 g/mol. The van der Waals surface area contributed by atoms with E-state index < -0.39 is 0 Å². The Kier molecular flexibility index (Phi) is 6.46. The van der Waals surface area contributed by atoms with Gasteiger partial charge in [-0.3, -0.25) is 9.97 Å². The average Bonchev–Trinajstić information content (AvgIpc) is 2.82. The molecule has 0 atom stereocenters. The van der Waals surface area contributed by atoms with E-state index in [1.165, 1.54) is 41.6 Å². The van der Waals surface area contributed by atoms with Crippen LogP contribution < -0.4 is 0 Å². The van der Waals surface area contributed by atoms with Gasteiger partial charge in [0.25, 0.3) is 0 Å². The van der Waals surface area contributed by atoms with Gasteiger partial charge >= 0.3 is 0 Å². The first-order chi connectivity index (χ1) is 15.8. The molecule has 0 fully saturated rings. The van der Waals surface area contributed by atoms with Crippen LogP contribution in [0.15, 0.2) is 28.5 Å². The Morgan fingerprint density at radius 3 is 2.16 bits per heavy atom. The molecule has 0 aliphatic heterocycles. The van der Waals surface area contributed by atoms with E-state index >= 15 is 0 Å². The van der Waals surface area contributed by atoms with Crippen LogP contribution in [0.2, 0.25) is 0 Å². The second kappa shape index (κ2) is 9.80. The van der Waals surface area contributed by atoms with Crippen molar-refractivity contribution < 1.29 is 9.68 Å². The quantitative estimate of drug-likeness (QED) is 0.482.